The summed E-state index contributed by atoms with van der Waals surface area (Å²) in [6.07, 6.45) is 5.97. The van der Waals surface area contributed by atoms with Gasteiger partial charge in [0.15, 0.2) is 5.78 Å². The Labute approximate surface area is 170 Å². The van der Waals surface area contributed by atoms with E-state index in [1.807, 2.05) is 42.5 Å². The molecular formula is C22H22N2O4S. The van der Waals surface area contributed by atoms with Crippen LogP contribution < -0.4 is 0 Å². The summed E-state index contributed by atoms with van der Waals surface area (Å²) in [7, 11) is -3.53. The average molecular weight is 410 g/mol. The van der Waals surface area contributed by atoms with E-state index in [-0.39, 0.29) is 24.7 Å². The standard InChI is InChI=1S/C22H22N2O4S/c1-29(26,27)28-14-16-12-19-21(20(25)13-16)18(11-15-5-3-2-4-6-15)22(24-19)17-7-9-23-10-8-17/h2-10,16,24H,11-14H2,1H3. The Morgan fingerprint density at radius 3 is 2.52 bits per heavy atom. The molecule has 150 valence electrons. The van der Waals surface area contributed by atoms with Gasteiger partial charge < -0.3 is 4.98 Å². The van der Waals surface area contributed by atoms with Crippen molar-refractivity contribution in [1.82, 2.24) is 9.97 Å². The number of Topliss-reactive ketones (excluding diaryl/α,β-unsaturated/α-hetero) is 1. The Balaban J connectivity index is 1.73. The van der Waals surface area contributed by atoms with Gasteiger partial charge in [-0.05, 0) is 35.6 Å². The Kier molecular flexibility index (Phi) is 5.34. The Bertz CT molecular complexity index is 1120. The second kappa shape index (κ2) is 7.93. The van der Waals surface area contributed by atoms with Crippen molar-refractivity contribution in [1.29, 1.82) is 0 Å². The van der Waals surface area contributed by atoms with Crippen LogP contribution in [-0.2, 0) is 27.1 Å². The number of rotatable bonds is 6. The molecule has 2 aromatic heterocycles. The topological polar surface area (TPSA) is 89.1 Å². The van der Waals surface area contributed by atoms with Gasteiger partial charge in [0.25, 0.3) is 10.1 Å². The quantitative estimate of drug-likeness (QED) is 0.629. The second-order valence-electron chi connectivity index (χ2n) is 7.42. The molecule has 1 unspecified atom stereocenters. The van der Waals surface area contributed by atoms with Crippen molar-refractivity contribution in [2.75, 3.05) is 12.9 Å². The summed E-state index contributed by atoms with van der Waals surface area (Å²) in [6, 6.07) is 13.9. The highest BCUT2D eigenvalue weighted by molar-refractivity contribution is 7.85. The third-order valence-corrected chi connectivity index (χ3v) is 5.70. The molecule has 7 heteroatoms. The van der Waals surface area contributed by atoms with Gasteiger partial charge in [0.2, 0.25) is 0 Å². The van der Waals surface area contributed by atoms with E-state index < -0.39 is 10.1 Å². The minimum atomic E-state index is -3.53. The number of ketones is 1. The van der Waals surface area contributed by atoms with E-state index in [9.17, 15) is 13.2 Å². The lowest BCUT2D eigenvalue weighted by atomic mass is 9.84. The van der Waals surface area contributed by atoms with Gasteiger partial charge >= 0.3 is 0 Å². The number of benzene rings is 1. The van der Waals surface area contributed by atoms with Crippen LogP contribution in [0.2, 0.25) is 0 Å². The number of nitrogens with zero attached hydrogens (tertiary/aromatic N) is 1. The smallest absolute Gasteiger partial charge is 0.264 e. The SMILES string of the molecule is CS(=O)(=O)OCC1CC(=O)c2c([nH]c(-c3ccncc3)c2Cc2ccccc2)C1. The van der Waals surface area contributed by atoms with E-state index in [4.69, 9.17) is 4.18 Å². The molecule has 1 atom stereocenters. The molecule has 0 spiro atoms. The number of hydrogen-bond donors (Lipinski definition) is 1. The Hall–Kier alpha value is -2.77. The van der Waals surface area contributed by atoms with E-state index in [0.717, 1.165) is 39.9 Å². The average Bonchev–Trinajstić information content (AvgIpc) is 3.06. The number of aromatic nitrogens is 2. The predicted octanol–water partition coefficient (Wildman–Crippen LogP) is 3.39. The summed E-state index contributed by atoms with van der Waals surface area (Å²) in [5.74, 6) is -0.144. The van der Waals surface area contributed by atoms with Crippen molar-refractivity contribution in [2.24, 2.45) is 5.92 Å². The number of carbonyl (C=O) groups excluding carboxylic acids is 1. The first-order valence-corrected chi connectivity index (χ1v) is 11.3. The molecule has 4 rings (SSSR count). The van der Waals surface area contributed by atoms with Crippen LogP contribution in [0.4, 0.5) is 0 Å². The summed E-state index contributed by atoms with van der Waals surface area (Å²) in [5, 5.41) is 0. The highest BCUT2D eigenvalue weighted by Crippen LogP contribution is 2.36. The zero-order valence-corrected chi connectivity index (χ0v) is 16.9. The largest absolute Gasteiger partial charge is 0.358 e. The lowest BCUT2D eigenvalue weighted by molar-refractivity contribution is 0.0926. The van der Waals surface area contributed by atoms with Crippen molar-refractivity contribution in [2.45, 2.75) is 19.3 Å². The fraction of sp³-hybridized carbons (Fsp3) is 0.273. The molecule has 1 aromatic carbocycles. The van der Waals surface area contributed by atoms with Crippen LogP contribution in [0.1, 0.15) is 33.6 Å². The van der Waals surface area contributed by atoms with Crippen molar-refractivity contribution >= 4 is 15.9 Å². The minimum absolute atomic E-state index is 0.0155. The van der Waals surface area contributed by atoms with Crippen LogP contribution >= 0.6 is 0 Å². The molecule has 1 aliphatic carbocycles. The number of H-pyrrole nitrogens is 1. The molecule has 0 fully saturated rings. The highest BCUT2D eigenvalue weighted by Gasteiger charge is 2.32. The van der Waals surface area contributed by atoms with Crippen LogP contribution in [0.15, 0.2) is 54.9 Å². The lowest BCUT2D eigenvalue weighted by Gasteiger charge is -2.21. The normalized spacial score (nSPS) is 16.6. The molecule has 0 aliphatic heterocycles. The summed E-state index contributed by atoms with van der Waals surface area (Å²) in [5.41, 5.74) is 5.57. The maximum atomic E-state index is 13.0. The molecular weight excluding hydrogens is 388 g/mol. The molecule has 1 aliphatic rings. The first-order chi connectivity index (χ1) is 13.9. The van der Waals surface area contributed by atoms with E-state index in [1.54, 1.807) is 12.4 Å². The second-order valence-corrected chi connectivity index (χ2v) is 9.06. The molecule has 0 amide bonds. The van der Waals surface area contributed by atoms with E-state index in [2.05, 4.69) is 9.97 Å². The van der Waals surface area contributed by atoms with Gasteiger partial charge in [-0.25, -0.2) is 0 Å². The van der Waals surface area contributed by atoms with E-state index in [0.29, 0.717) is 12.8 Å². The number of fused-ring (bicyclic) bond motifs is 1. The van der Waals surface area contributed by atoms with Gasteiger partial charge in [-0.15, -0.1) is 0 Å². The molecule has 6 nitrogen and oxygen atoms in total. The third kappa shape index (κ3) is 4.46. The molecule has 2 heterocycles. The van der Waals surface area contributed by atoms with Crippen LogP contribution in [-0.4, -0.2) is 37.0 Å². The Morgan fingerprint density at radius 1 is 1.10 bits per heavy atom. The number of nitrogens with one attached hydrogen (secondary N) is 1. The molecule has 1 N–H and O–H groups in total. The van der Waals surface area contributed by atoms with Crippen LogP contribution in [0.3, 0.4) is 0 Å². The van der Waals surface area contributed by atoms with Crippen LogP contribution in [0.5, 0.6) is 0 Å². The van der Waals surface area contributed by atoms with Gasteiger partial charge in [0.1, 0.15) is 0 Å². The number of carbonyl (C=O) groups is 1. The summed E-state index contributed by atoms with van der Waals surface area (Å²) in [4.78, 5) is 20.6. The fourth-order valence-electron chi connectivity index (χ4n) is 3.89. The molecule has 29 heavy (non-hydrogen) atoms. The van der Waals surface area contributed by atoms with Crippen molar-refractivity contribution in [3.8, 4) is 11.3 Å². The van der Waals surface area contributed by atoms with Crippen LogP contribution in [0.25, 0.3) is 11.3 Å². The molecule has 0 saturated carbocycles. The van der Waals surface area contributed by atoms with E-state index in [1.165, 1.54) is 0 Å². The predicted molar refractivity (Wildman–Crippen MR) is 110 cm³/mol. The van der Waals surface area contributed by atoms with Crippen LogP contribution in [0, 0.1) is 5.92 Å². The van der Waals surface area contributed by atoms with Crippen molar-refractivity contribution in [3.63, 3.8) is 0 Å². The van der Waals surface area contributed by atoms with E-state index >= 15 is 0 Å². The summed E-state index contributed by atoms with van der Waals surface area (Å²) < 4.78 is 27.6. The first-order valence-electron chi connectivity index (χ1n) is 9.46. The van der Waals surface area contributed by atoms with Gasteiger partial charge in [-0.1, -0.05) is 30.3 Å². The fourth-order valence-corrected chi connectivity index (χ4v) is 4.33. The van der Waals surface area contributed by atoms with Gasteiger partial charge in [0, 0.05) is 42.1 Å². The number of hydrogen-bond acceptors (Lipinski definition) is 5. The number of aromatic amines is 1. The maximum absolute atomic E-state index is 13.0. The molecule has 0 radical (unpaired) electrons. The molecule has 3 aromatic rings. The van der Waals surface area contributed by atoms with Crippen molar-refractivity contribution < 1.29 is 17.4 Å². The monoisotopic (exact) mass is 410 g/mol. The maximum Gasteiger partial charge on any atom is 0.264 e. The molecule has 0 bridgehead atoms. The third-order valence-electron chi connectivity index (χ3n) is 5.14. The molecule has 0 saturated heterocycles. The van der Waals surface area contributed by atoms with Crippen molar-refractivity contribution in [3.05, 3.63) is 77.2 Å². The first kappa shape index (κ1) is 19.5. The van der Waals surface area contributed by atoms with Gasteiger partial charge in [0.05, 0.1) is 18.6 Å². The zero-order valence-electron chi connectivity index (χ0n) is 16.1. The van der Waals surface area contributed by atoms with Gasteiger partial charge in [-0.3, -0.25) is 14.0 Å². The van der Waals surface area contributed by atoms with Gasteiger partial charge in [-0.2, -0.15) is 8.42 Å². The summed E-state index contributed by atoms with van der Waals surface area (Å²) in [6.45, 7) is 0.0155. The minimum Gasteiger partial charge on any atom is -0.358 e. The summed E-state index contributed by atoms with van der Waals surface area (Å²) >= 11 is 0. The zero-order chi connectivity index (χ0) is 20.4. The highest BCUT2D eigenvalue weighted by atomic mass is 32.2. The Morgan fingerprint density at radius 2 is 1.83 bits per heavy atom. The lowest BCUT2D eigenvalue weighted by Crippen LogP contribution is -2.25. The number of pyridine rings is 1.